The number of thiophene rings is 2. The summed E-state index contributed by atoms with van der Waals surface area (Å²) in [6.07, 6.45) is 3.40. The third-order valence-electron chi connectivity index (χ3n) is 6.68. The number of phenols is 2. The first-order valence-electron chi connectivity index (χ1n) is 13.3. The van der Waals surface area contributed by atoms with Crippen LogP contribution in [-0.4, -0.2) is 62.2 Å². The Morgan fingerprint density at radius 3 is 1.61 bits per heavy atom. The van der Waals surface area contributed by atoms with E-state index in [0.717, 1.165) is 43.9 Å². The third-order valence-corrected chi connectivity index (χ3v) is 8.66. The molecule has 0 atom stereocenters. The SMILES string of the molecule is CC(C)(CN=Cc1cc(-c2scc3c2OCCO3)ccc1O)CN=Cc1cc(-c2scc3c2OCCO3)ccc1O. The quantitative estimate of drug-likeness (QED) is 0.223. The van der Waals surface area contributed by atoms with Crippen molar-refractivity contribution in [2.75, 3.05) is 39.5 Å². The van der Waals surface area contributed by atoms with Gasteiger partial charge in [-0.1, -0.05) is 13.8 Å². The average Bonchev–Trinajstić information content (AvgIpc) is 3.60. The maximum atomic E-state index is 10.4. The van der Waals surface area contributed by atoms with Gasteiger partial charge in [0.25, 0.3) is 0 Å². The van der Waals surface area contributed by atoms with E-state index < -0.39 is 0 Å². The van der Waals surface area contributed by atoms with E-state index in [1.54, 1.807) is 47.2 Å². The second-order valence-corrected chi connectivity index (χ2v) is 12.3. The van der Waals surface area contributed by atoms with Crippen LogP contribution >= 0.6 is 22.7 Å². The lowest BCUT2D eigenvalue weighted by atomic mass is 9.94. The fourth-order valence-corrected chi connectivity index (χ4v) is 6.41. The fraction of sp³-hybridized carbons (Fsp3) is 0.290. The van der Waals surface area contributed by atoms with E-state index in [1.807, 2.05) is 35.0 Å². The smallest absolute Gasteiger partial charge is 0.179 e. The molecule has 10 heteroatoms. The second-order valence-electron chi connectivity index (χ2n) is 10.6. The van der Waals surface area contributed by atoms with Crippen LogP contribution in [0.2, 0.25) is 0 Å². The highest BCUT2D eigenvalue weighted by atomic mass is 32.1. The fourth-order valence-electron chi connectivity index (χ4n) is 4.55. The van der Waals surface area contributed by atoms with Gasteiger partial charge in [0.2, 0.25) is 0 Å². The van der Waals surface area contributed by atoms with Crippen LogP contribution in [0.25, 0.3) is 20.9 Å². The van der Waals surface area contributed by atoms with Gasteiger partial charge < -0.3 is 29.2 Å². The van der Waals surface area contributed by atoms with Crippen LogP contribution in [0.1, 0.15) is 25.0 Å². The van der Waals surface area contributed by atoms with E-state index in [0.29, 0.717) is 50.6 Å². The van der Waals surface area contributed by atoms with Crippen molar-refractivity contribution < 1.29 is 29.2 Å². The van der Waals surface area contributed by atoms with Crippen molar-refractivity contribution in [1.29, 1.82) is 0 Å². The van der Waals surface area contributed by atoms with Crippen LogP contribution in [0.5, 0.6) is 34.5 Å². The first kappa shape index (κ1) is 27.2. The number of hydrogen-bond acceptors (Lipinski definition) is 10. The lowest BCUT2D eigenvalue weighted by molar-refractivity contribution is 0.174. The van der Waals surface area contributed by atoms with Gasteiger partial charge in [0.15, 0.2) is 23.0 Å². The van der Waals surface area contributed by atoms with E-state index in [2.05, 4.69) is 23.8 Å². The summed E-state index contributed by atoms with van der Waals surface area (Å²) in [5.74, 6) is 3.35. The standard InChI is InChI=1S/C31H30N2O6S2/c1-31(2,17-32-13-21-11-19(3-5-23(21)34)29-27-25(15-40-29)36-7-9-38-27)18-33-14-22-12-20(4-6-24(22)35)30-28-26(16-41-30)37-8-10-39-28/h3-6,11-16,34-35H,7-10,17-18H2,1-2H3. The Morgan fingerprint density at radius 1 is 0.707 bits per heavy atom. The summed E-state index contributed by atoms with van der Waals surface area (Å²) in [5.41, 5.74) is 2.90. The molecule has 0 radical (unpaired) electrons. The van der Waals surface area contributed by atoms with Crippen LogP contribution in [0, 0.1) is 5.41 Å². The monoisotopic (exact) mass is 590 g/mol. The molecule has 2 N–H and O–H groups in total. The van der Waals surface area contributed by atoms with E-state index in [9.17, 15) is 10.2 Å². The first-order chi connectivity index (χ1) is 19.9. The molecule has 8 nitrogen and oxygen atoms in total. The van der Waals surface area contributed by atoms with Gasteiger partial charge in [0.05, 0.1) is 9.75 Å². The summed E-state index contributed by atoms with van der Waals surface area (Å²) in [6.45, 7) is 7.31. The number of nitrogens with zero attached hydrogens (tertiary/aromatic N) is 2. The van der Waals surface area contributed by atoms with E-state index in [1.165, 1.54) is 0 Å². The first-order valence-corrected chi connectivity index (χ1v) is 15.0. The van der Waals surface area contributed by atoms with Gasteiger partial charge in [0, 0.05) is 52.8 Å². The minimum atomic E-state index is -0.247. The Morgan fingerprint density at radius 2 is 1.15 bits per heavy atom. The number of aromatic hydroxyl groups is 2. The maximum Gasteiger partial charge on any atom is 0.179 e. The normalized spacial score (nSPS) is 14.7. The van der Waals surface area contributed by atoms with Crippen LogP contribution in [-0.2, 0) is 0 Å². The predicted molar refractivity (Wildman–Crippen MR) is 164 cm³/mol. The Kier molecular flexibility index (Phi) is 7.59. The molecule has 0 bridgehead atoms. The molecule has 0 saturated heterocycles. The lowest BCUT2D eigenvalue weighted by Gasteiger charge is -2.19. The van der Waals surface area contributed by atoms with Crippen molar-refractivity contribution in [3.05, 3.63) is 58.3 Å². The number of aliphatic imine (C=N–C) groups is 2. The molecule has 0 spiro atoms. The Hall–Kier alpha value is -4.02. The average molecular weight is 591 g/mol. The number of fused-ring (bicyclic) bond motifs is 2. The topological polar surface area (TPSA) is 102 Å². The molecule has 2 aromatic heterocycles. The lowest BCUT2D eigenvalue weighted by Crippen LogP contribution is -2.19. The molecule has 2 aromatic carbocycles. The minimum Gasteiger partial charge on any atom is -0.507 e. The van der Waals surface area contributed by atoms with Gasteiger partial charge in [-0.15, -0.1) is 22.7 Å². The molecule has 0 amide bonds. The second kappa shape index (κ2) is 11.5. The van der Waals surface area contributed by atoms with E-state index >= 15 is 0 Å². The van der Waals surface area contributed by atoms with E-state index in [-0.39, 0.29) is 16.9 Å². The summed E-state index contributed by atoms with van der Waals surface area (Å²) in [7, 11) is 0. The van der Waals surface area contributed by atoms with Gasteiger partial charge >= 0.3 is 0 Å². The molecule has 0 fully saturated rings. The Balaban J connectivity index is 1.12. The molecule has 2 aliphatic rings. The zero-order chi connectivity index (χ0) is 28.4. The highest BCUT2D eigenvalue weighted by Crippen LogP contribution is 2.47. The number of benzene rings is 2. The zero-order valence-corrected chi connectivity index (χ0v) is 24.4. The maximum absolute atomic E-state index is 10.4. The highest BCUT2D eigenvalue weighted by Gasteiger charge is 2.22. The molecule has 4 heterocycles. The molecule has 0 unspecified atom stereocenters. The highest BCUT2D eigenvalue weighted by molar-refractivity contribution is 7.14. The zero-order valence-electron chi connectivity index (χ0n) is 22.8. The summed E-state index contributed by atoms with van der Waals surface area (Å²) < 4.78 is 23.0. The molecule has 4 aromatic rings. The number of hydrogen-bond donors (Lipinski definition) is 2. The van der Waals surface area contributed by atoms with Crippen LogP contribution in [0.4, 0.5) is 0 Å². The summed E-state index contributed by atoms with van der Waals surface area (Å²) in [4.78, 5) is 11.2. The van der Waals surface area contributed by atoms with Crippen molar-refractivity contribution in [2.45, 2.75) is 13.8 Å². The van der Waals surface area contributed by atoms with Gasteiger partial charge in [-0.2, -0.15) is 0 Å². The van der Waals surface area contributed by atoms with Crippen LogP contribution in [0.3, 0.4) is 0 Å². The minimum absolute atomic E-state index is 0.162. The van der Waals surface area contributed by atoms with E-state index in [4.69, 9.17) is 18.9 Å². The van der Waals surface area contributed by atoms with Gasteiger partial charge in [-0.3, -0.25) is 9.98 Å². The van der Waals surface area contributed by atoms with Crippen LogP contribution in [0.15, 0.2) is 57.1 Å². The molecule has 0 aliphatic carbocycles. The van der Waals surface area contributed by atoms with Crippen molar-refractivity contribution >= 4 is 35.1 Å². The van der Waals surface area contributed by atoms with Gasteiger partial charge in [-0.25, -0.2) is 0 Å². The van der Waals surface area contributed by atoms with Crippen molar-refractivity contribution in [2.24, 2.45) is 15.4 Å². The van der Waals surface area contributed by atoms with Crippen molar-refractivity contribution in [3.8, 4) is 55.4 Å². The summed E-state index contributed by atoms with van der Waals surface area (Å²) in [5, 5.41) is 24.8. The molecular weight excluding hydrogens is 560 g/mol. The molecule has 6 rings (SSSR count). The Bertz CT molecular complexity index is 1500. The molecular formula is C31H30N2O6S2. The van der Waals surface area contributed by atoms with Gasteiger partial charge in [0.1, 0.15) is 37.9 Å². The molecule has 212 valence electrons. The summed E-state index contributed by atoms with van der Waals surface area (Å²) >= 11 is 3.11. The summed E-state index contributed by atoms with van der Waals surface area (Å²) in [6, 6.07) is 10.9. The predicted octanol–water partition coefficient (Wildman–Crippen LogP) is 6.66. The Labute approximate surface area is 246 Å². The third kappa shape index (κ3) is 5.89. The number of ether oxygens (including phenoxy) is 4. The largest absolute Gasteiger partial charge is 0.507 e. The molecule has 0 saturated carbocycles. The van der Waals surface area contributed by atoms with Crippen LogP contribution < -0.4 is 18.9 Å². The van der Waals surface area contributed by atoms with Gasteiger partial charge in [-0.05, 0) is 47.5 Å². The molecule has 41 heavy (non-hydrogen) atoms. The van der Waals surface area contributed by atoms with Crippen molar-refractivity contribution in [1.82, 2.24) is 0 Å². The number of phenolic OH excluding ortho intramolecular Hbond substituents is 2. The van der Waals surface area contributed by atoms with Crippen molar-refractivity contribution in [3.63, 3.8) is 0 Å². The molecule has 2 aliphatic heterocycles. The number of rotatable bonds is 8.